The van der Waals surface area contributed by atoms with Gasteiger partial charge in [0.1, 0.15) is 18.1 Å². The van der Waals surface area contributed by atoms with E-state index in [0.717, 1.165) is 10.0 Å². The van der Waals surface area contributed by atoms with Gasteiger partial charge in [-0.2, -0.15) is 5.26 Å². The van der Waals surface area contributed by atoms with Crippen molar-refractivity contribution < 1.29 is 9.47 Å². The van der Waals surface area contributed by atoms with E-state index in [9.17, 15) is 0 Å². The quantitative estimate of drug-likeness (QED) is 0.810. The maximum absolute atomic E-state index is 8.93. The van der Waals surface area contributed by atoms with Gasteiger partial charge in [0, 0.05) is 10.0 Å². The Morgan fingerprint density at radius 3 is 2.60 bits per heavy atom. The number of rotatable bonds is 4. The van der Waals surface area contributed by atoms with E-state index in [1.807, 2.05) is 6.07 Å². The van der Waals surface area contributed by atoms with Gasteiger partial charge in [0.05, 0.1) is 23.8 Å². The predicted octanol–water partition coefficient (Wildman–Crippen LogP) is 4.56. The SMILES string of the molecule is COc1ccc(C#N)cc1COc1ccc(Br)cc1Cl. The first-order valence-electron chi connectivity index (χ1n) is 5.79. The van der Waals surface area contributed by atoms with Gasteiger partial charge in [-0.1, -0.05) is 27.5 Å². The van der Waals surface area contributed by atoms with Crippen LogP contribution in [-0.2, 0) is 6.61 Å². The van der Waals surface area contributed by atoms with Gasteiger partial charge in [0.15, 0.2) is 0 Å². The highest BCUT2D eigenvalue weighted by atomic mass is 79.9. The van der Waals surface area contributed by atoms with Crippen molar-refractivity contribution in [3.8, 4) is 17.6 Å². The molecule has 0 aliphatic heterocycles. The second-order valence-corrected chi connectivity index (χ2v) is 5.32. The first kappa shape index (κ1) is 14.7. The van der Waals surface area contributed by atoms with E-state index in [1.54, 1.807) is 37.4 Å². The van der Waals surface area contributed by atoms with Crippen molar-refractivity contribution in [2.45, 2.75) is 6.61 Å². The average molecular weight is 353 g/mol. The van der Waals surface area contributed by atoms with Crippen LogP contribution in [0.1, 0.15) is 11.1 Å². The third-order valence-electron chi connectivity index (χ3n) is 2.69. The number of nitriles is 1. The van der Waals surface area contributed by atoms with Crippen molar-refractivity contribution in [3.63, 3.8) is 0 Å². The Morgan fingerprint density at radius 1 is 1.20 bits per heavy atom. The highest BCUT2D eigenvalue weighted by Gasteiger charge is 2.07. The summed E-state index contributed by atoms with van der Waals surface area (Å²) in [5.74, 6) is 1.26. The molecule has 0 aromatic heterocycles. The van der Waals surface area contributed by atoms with E-state index >= 15 is 0 Å². The molecule has 0 saturated heterocycles. The molecule has 0 N–H and O–H groups in total. The molecule has 0 bridgehead atoms. The van der Waals surface area contributed by atoms with Crippen molar-refractivity contribution >= 4 is 27.5 Å². The fourth-order valence-corrected chi connectivity index (χ4v) is 2.44. The molecule has 2 aromatic carbocycles. The molecule has 0 spiro atoms. The van der Waals surface area contributed by atoms with Crippen LogP contribution < -0.4 is 9.47 Å². The lowest BCUT2D eigenvalue weighted by atomic mass is 10.1. The second-order valence-electron chi connectivity index (χ2n) is 4.00. The molecular formula is C15H11BrClNO2. The van der Waals surface area contributed by atoms with Crippen LogP contribution in [0.25, 0.3) is 0 Å². The first-order valence-corrected chi connectivity index (χ1v) is 6.96. The normalized spacial score (nSPS) is 9.90. The molecule has 2 rings (SSSR count). The lowest BCUT2D eigenvalue weighted by Crippen LogP contribution is -1.99. The van der Waals surface area contributed by atoms with Crippen LogP contribution >= 0.6 is 27.5 Å². The van der Waals surface area contributed by atoms with Gasteiger partial charge in [0.25, 0.3) is 0 Å². The molecule has 5 heteroatoms. The number of benzene rings is 2. The average Bonchev–Trinajstić information content (AvgIpc) is 2.46. The van der Waals surface area contributed by atoms with Crippen LogP contribution in [0.5, 0.6) is 11.5 Å². The Morgan fingerprint density at radius 2 is 1.95 bits per heavy atom. The van der Waals surface area contributed by atoms with Gasteiger partial charge in [-0.15, -0.1) is 0 Å². The molecule has 0 unspecified atom stereocenters. The molecular weight excluding hydrogens is 342 g/mol. The molecule has 0 fully saturated rings. The largest absolute Gasteiger partial charge is 0.496 e. The van der Waals surface area contributed by atoms with Crippen molar-refractivity contribution in [1.29, 1.82) is 5.26 Å². The molecule has 102 valence electrons. The van der Waals surface area contributed by atoms with Crippen LogP contribution in [0.15, 0.2) is 40.9 Å². The van der Waals surface area contributed by atoms with E-state index < -0.39 is 0 Å². The number of hydrogen-bond acceptors (Lipinski definition) is 3. The zero-order valence-corrected chi connectivity index (χ0v) is 13.0. The van der Waals surface area contributed by atoms with Crippen LogP contribution in [0.2, 0.25) is 5.02 Å². The van der Waals surface area contributed by atoms with E-state index in [2.05, 4.69) is 22.0 Å². The van der Waals surface area contributed by atoms with E-state index in [0.29, 0.717) is 22.1 Å². The third kappa shape index (κ3) is 3.44. The number of hydrogen-bond donors (Lipinski definition) is 0. The summed E-state index contributed by atoms with van der Waals surface area (Å²) in [6, 6.07) is 12.7. The molecule has 2 aromatic rings. The van der Waals surface area contributed by atoms with E-state index in [-0.39, 0.29) is 6.61 Å². The summed E-state index contributed by atoms with van der Waals surface area (Å²) in [5.41, 5.74) is 1.36. The van der Waals surface area contributed by atoms with Gasteiger partial charge >= 0.3 is 0 Å². The van der Waals surface area contributed by atoms with Gasteiger partial charge in [-0.05, 0) is 36.4 Å². The minimum atomic E-state index is 0.278. The predicted molar refractivity (Wildman–Crippen MR) is 81.2 cm³/mol. The fraction of sp³-hybridized carbons (Fsp3) is 0.133. The smallest absolute Gasteiger partial charge is 0.138 e. The minimum absolute atomic E-state index is 0.278. The maximum atomic E-state index is 8.93. The lowest BCUT2D eigenvalue weighted by molar-refractivity contribution is 0.297. The van der Waals surface area contributed by atoms with Crippen LogP contribution in [0.4, 0.5) is 0 Å². The van der Waals surface area contributed by atoms with E-state index in [1.165, 1.54) is 0 Å². The van der Waals surface area contributed by atoms with Crippen LogP contribution in [-0.4, -0.2) is 7.11 Å². The highest BCUT2D eigenvalue weighted by Crippen LogP contribution is 2.29. The molecule has 20 heavy (non-hydrogen) atoms. The molecule has 0 aliphatic rings. The van der Waals surface area contributed by atoms with Gasteiger partial charge in [-0.3, -0.25) is 0 Å². The number of halogens is 2. The number of nitrogens with zero attached hydrogens (tertiary/aromatic N) is 1. The third-order valence-corrected chi connectivity index (χ3v) is 3.48. The van der Waals surface area contributed by atoms with Crippen molar-refractivity contribution in [2.75, 3.05) is 7.11 Å². The molecule has 0 amide bonds. The Kier molecular flexibility index (Phi) is 4.89. The Bertz CT molecular complexity index is 667. The summed E-state index contributed by atoms with van der Waals surface area (Å²) in [6.45, 7) is 0.278. The Labute approximate surface area is 130 Å². The van der Waals surface area contributed by atoms with Crippen LogP contribution in [0.3, 0.4) is 0 Å². The van der Waals surface area contributed by atoms with Crippen molar-refractivity contribution in [1.82, 2.24) is 0 Å². The summed E-state index contributed by atoms with van der Waals surface area (Å²) in [7, 11) is 1.58. The summed E-state index contributed by atoms with van der Waals surface area (Å²) in [4.78, 5) is 0. The summed E-state index contributed by atoms with van der Waals surface area (Å²) in [6.07, 6.45) is 0. The fourth-order valence-electron chi connectivity index (χ4n) is 1.71. The molecule has 0 atom stereocenters. The highest BCUT2D eigenvalue weighted by molar-refractivity contribution is 9.10. The zero-order chi connectivity index (χ0) is 14.5. The minimum Gasteiger partial charge on any atom is -0.496 e. The first-order chi connectivity index (χ1) is 9.63. The Hall–Kier alpha value is -1.70. The van der Waals surface area contributed by atoms with Crippen molar-refractivity contribution in [2.24, 2.45) is 0 Å². The lowest BCUT2D eigenvalue weighted by Gasteiger charge is -2.11. The maximum Gasteiger partial charge on any atom is 0.138 e. The number of ether oxygens (including phenoxy) is 2. The van der Waals surface area contributed by atoms with Gasteiger partial charge in [0.2, 0.25) is 0 Å². The molecule has 0 heterocycles. The van der Waals surface area contributed by atoms with Gasteiger partial charge < -0.3 is 9.47 Å². The topological polar surface area (TPSA) is 42.2 Å². The summed E-state index contributed by atoms with van der Waals surface area (Å²) >= 11 is 9.43. The second kappa shape index (κ2) is 6.65. The standard InChI is InChI=1S/C15H11BrClNO2/c1-19-14-4-2-10(8-18)6-11(14)9-20-15-5-3-12(16)7-13(15)17/h2-7H,9H2,1H3. The summed E-state index contributed by atoms with van der Waals surface area (Å²) in [5, 5.41) is 9.45. The van der Waals surface area contributed by atoms with E-state index in [4.69, 9.17) is 26.3 Å². The molecule has 0 aliphatic carbocycles. The van der Waals surface area contributed by atoms with Crippen molar-refractivity contribution in [3.05, 3.63) is 57.0 Å². The zero-order valence-electron chi connectivity index (χ0n) is 10.7. The monoisotopic (exact) mass is 351 g/mol. The van der Waals surface area contributed by atoms with Gasteiger partial charge in [-0.25, -0.2) is 0 Å². The number of methoxy groups -OCH3 is 1. The molecule has 3 nitrogen and oxygen atoms in total. The summed E-state index contributed by atoms with van der Waals surface area (Å²) < 4.78 is 11.8. The Balaban J connectivity index is 2.20. The molecule has 0 radical (unpaired) electrons. The molecule has 0 saturated carbocycles. The van der Waals surface area contributed by atoms with Crippen LogP contribution in [0, 0.1) is 11.3 Å².